The fraction of sp³-hybridized carbons (Fsp3) is 0.533. The normalized spacial score (nSPS) is 19.3. The molecule has 2 rings (SSSR count). The van der Waals surface area contributed by atoms with E-state index in [2.05, 4.69) is 54.4 Å². The van der Waals surface area contributed by atoms with Crippen molar-refractivity contribution in [1.82, 2.24) is 10.2 Å². The van der Waals surface area contributed by atoms with E-state index in [1.807, 2.05) is 0 Å². The molecule has 1 aromatic carbocycles. The molecule has 0 spiro atoms. The molecular formula is C15H22N2S. The highest BCUT2D eigenvalue weighted by molar-refractivity contribution is 7.80. The fourth-order valence-electron chi connectivity index (χ4n) is 2.35. The average molecular weight is 262 g/mol. The van der Waals surface area contributed by atoms with Crippen LogP contribution in [0.15, 0.2) is 30.3 Å². The largest absolute Gasteiger partial charge is 0.362 e. The number of thiocarbonyl (C=S) groups is 1. The van der Waals surface area contributed by atoms with Gasteiger partial charge in [0.2, 0.25) is 0 Å². The minimum absolute atomic E-state index is 0.630. The monoisotopic (exact) mass is 262 g/mol. The molecule has 1 atom stereocenters. The molecule has 0 aromatic heterocycles. The maximum Gasteiger partial charge on any atom is 0.168 e. The Morgan fingerprint density at radius 1 is 1.39 bits per heavy atom. The van der Waals surface area contributed by atoms with Crippen molar-refractivity contribution in [3.8, 4) is 0 Å². The van der Waals surface area contributed by atoms with Gasteiger partial charge in [-0.25, -0.2) is 0 Å². The number of hydrogen-bond acceptors (Lipinski definition) is 1. The lowest BCUT2D eigenvalue weighted by molar-refractivity contribution is 0.488. The molecule has 1 fully saturated rings. The number of nitrogens with one attached hydrogen (secondary N) is 1. The van der Waals surface area contributed by atoms with E-state index in [1.54, 1.807) is 0 Å². The summed E-state index contributed by atoms with van der Waals surface area (Å²) in [5.74, 6) is 1.26. The van der Waals surface area contributed by atoms with Crippen LogP contribution in [0.2, 0.25) is 0 Å². The smallest absolute Gasteiger partial charge is 0.168 e. The average Bonchev–Trinajstić information content (AvgIpc) is 2.86. The van der Waals surface area contributed by atoms with Crippen LogP contribution in [0.25, 0.3) is 0 Å². The highest BCUT2D eigenvalue weighted by Gasteiger charge is 2.25. The van der Waals surface area contributed by atoms with E-state index in [0.717, 1.165) is 24.7 Å². The molecule has 1 heterocycles. The molecule has 0 bridgehead atoms. The molecule has 0 saturated carbocycles. The molecule has 1 aromatic rings. The topological polar surface area (TPSA) is 15.3 Å². The highest BCUT2D eigenvalue weighted by atomic mass is 32.1. The van der Waals surface area contributed by atoms with Crippen LogP contribution in [0.4, 0.5) is 0 Å². The van der Waals surface area contributed by atoms with Gasteiger partial charge in [0.25, 0.3) is 0 Å². The summed E-state index contributed by atoms with van der Waals surface area (Å²) >= 11 is 5.45. The van der Waals surface area contributed by atoms with Gasteiger partial charge in [-0.15, -0.1) is 0 Å². The van der Waals surface area contributed by atoms with Gasteiger partial charge in [-0.05, 0) is 30.1 Å². The lowest BCUT2D eigenvalue weighted by atomic mass is 9.99. The van der Waals surface area contributed by atoms with Crippen LogP contribution in [-0.4, -0.2) is 29.6 Å². The number of hydrogen-bond donors (Lipinski definition) is 1. The lowest BCUT2D eigenvalue weighted by Crippen LogP contribution is -2.39. The number of nitrogens with zero attached hydrogens (tertiary/aromatic N) is 1. The quantitative estimate of drug-likeness (QED) is 0.843. The summed E-state index contributed by atoms with van der Waals surface area (Å²) in [6.45, 7) is 7.49. The Morgan fingerprint density at radius 3 is 2.78 bits per heavy atom. The molecule has 0 amide bonds. The van der Waals surface area contributed by atoms with E-state index < -0.39 is 0 Å². The molecule has 2 nitrogen and oxygen atoms in total. The van der Waals surface area contributed by atoms with Gasteiger partial charge in [-0.2, -0.15) is 0 Å². The summed E-state index contributed by atoms with van der Waals surface area (Å²) in [7, 11) is 0. The Labute approximate surface area is 115 Å². The van der Waals surface area contributed by atoms with Crippen LogP contribution in [0.3, 0.4) is 0 Å². The van der Waals surface area contributed by atoms with Crippen molar-refractivity contribution in [1.29, 1.82) is 0 Å². The predicted molar refractivity (Wildman–Crippen MR) is 80.8 cm³/mol. The third kappa shape index (κ3) is 3.45. The van der Waals surface area contributed by atoms with Gasteiger partial charge in [0.05, 0.1) is 0 Å². The zero-order valence-corrected chi connectivity index (χ0v) is 12.0. The first-order valence-electron chi connectivity index (χ1n) is 6.74. The molecule has 0 aliphatic carbocycles. The van der Waals surface area contributed by atoms with Crippen molar-refractivity contribution in [2.75, 3.05) is 19.6 Å². The molecular weight excluding hydrogens is 240 g/mol. The van der Waals surface area contributed by atoms with Crippen LogP contribution < -0.4 is 5.32 Å². The lowest BCUT2D eigenvalue weighted by Gasteiger charge is -2.21. The Hall–Kier alpha value is -1.09. The predicted octanol–water partition coefficient (Wildman–Crippen LogP) is 3.01. The van der Waals surface area contributed by atoms with Crippen LogP contribution in [0.1, 0.15) is 31.7 Å². The number of benzene rings is 1. The Kier molecular flexibility index (Phi) is 4.59. The van der Waals surface area contributed by atoms with Crippen molar-refractivity contribution in [3.63, 3.8) is 0 Å². The molecule has 1 unspecified atom stereocenters. The van der Waals surface area contributed by atoms with Crippen molar-refractivity contribution in [2.45, 2.75) is 26.2 Å². The second-order valence-electron chi connectivity index (χ2n) is 5.42. The van der Waals surface area contributed by atoms with Crippen LogP contribution in [-0.2, 0) is 0 Å². The Morgan fingerprint density at radius 2 is 2.11 bits per heavy atom. The van der Waals surface area contributed by atoms with Crippen molar-refractivity contribution < 1.29 is 0 Å². The first kappa shape index (κ1) is 13.3. The highest BCUT2D eigenvalue weighted by Crippen LogP contribution is 2.26. The zero-order chi connectivity index (χ0) is 13.0. The van der Waals surface area contributed by atoms with Crippen molar-refractivity contribution in [2.24, 2.45) is 5.92 Å². The minimum Gasteiger partial charge on any atom is -0.362 e. The first-order valence-corrected chi connectivity index (χ1v) is 7.15. The Balaban J connectivity index is 1.87. The zero-order valence-electron chi connectivity index (χ0n) is 11.2. The van der Waals surface area contributed by atoms with E-state index in [0.29, 0.717) is 11.8 Å². The molecule has 98 valence electrons. The van der Waals surface area contributed by atoms with Crippen LogP contribution in [0.5, 0.6) is 0 Å². The summed E-state index contributed by atoms with van der Waals surface area (Å²) in [4.78, 5) is 2.30. The van der Waals surface area contributed by atoms with E-state index in [4.69, 9.17) is 12.2 Å². The molecule has 3 heteroatoms. The van der Waals surface area contributed by atoms with E-state index >= 15 is 0 Å². The van der Waals surface area contributed by atoms with Crippen LogP contribution in [0, 0.1) is 5.92 Å². The molecule has 1 aliphatic rings. The third-order valence-corrected chi connectivity index (χ3v) is 3.81. The maximum atomic E-state index is 5.45. The van der Waals surface area contributed by atoms with Crippen LogP contribution >= 0.6 is 12.2 Å². The van der Waals surface area contributed by atoms with Gasteiger partial charge >= 0.3 is 0 Å². The van der Waals surface area contributed by atoms with Gasteiger partial charge in [0.1, 0.15) is 0 Å². The molecule has 18 heavy (non-hydrogen) atoms. The minimum atomic E-state index is 0.630. The second-order valence-corrected chi connectivity index (χ2v) is 5.81. The van der Waals surface area contributed by atoms with E-state index in [9.17, 15) is 0 Å². The summed E-state index contributed by atoms with van der Waals surface area (Å²) in [6.07, 6.45) is 1.20. The van der Waals surface area contributed by atoms with Crippen molar-refractivity contribution in [3.05, 3.63) is 35.9 Å². The molecule has 1 aliphatic heterocycles. The number of rotatable bonds is 3. The second kappa shape index (κ2) is 6.19. The standard InChI is InChI=1S/C15H22N2S/c1-12(2)10-16-15(18)17-9-8-14(11-17)13-6-4-3-5-7-13/h3-7,12,14H,8-11H2,1-2H3,(H,16,18). The molecule has 1 N–H and O–H groups in total. The summed E-state index contributed by atoms with van der Waals surface area (Å²) < 4.78 is 0. The molecule has 1 saturated heterocycles. The van der Waals surface area contributed by atoms with Gasteiger partial charge < -0.3 is 10.2 Å². The first-order chi connectivity index (χ1) is 8.66. The molecule has 0 radical (unpaired) electrons. The van der Waals surface area contributed by atoms with E-state index in [1.165, 1.54) is 12.0 Å². The van der Waals surface area contributed by atoms with E-state index in [-0.39, 0.29) is 0 Å². The van der Waals surface area contributed by atoms with Gasteiger partial charge in [-0.1, -0.05) is 44.2 Å². The summed E-state index contributed by atoms with van der Waals surface area (Å²) in [5, 5.41) is 4.27. The third-order valence-electron chi connectivity index (χ3n) is 3.41. The maximum absolute atomic E-state index is 5.45. The summed E-state index contributed by atoms with van der Waals surface area (Å²) in [6, 6.07) is 10.8. The number of likely N-dealkylation sites (tertiary alicyclic amines) is 1. The summed E-state index contributed by atoms with van der Waals surface area (Å²) in [5.41, 5.74) is 1.44. The Bertz CT molecular complexity index is 389. The fourth-order valence-corrected chi connectivity index (χ4v) is 2.59. The van der Waals surface area contributed by atoms with Gasteiger partial charge in [0.15, 0.2) is 5.11 Å². The SMILES string of the molecule is CC(C)CNC(=S)N1CCC(c2ccccc2)C1. The van der Waals surface area contributed by atoms with Gasteiger partial charge in [0, 0.05) is 25.6 Å². The van der Waals surface area contributed by atoms with Crippen molar-refractivity contribution >= 4 is 17.3 Å². The van der Waals surface area contributed by atoms with Gasteiger partial charge in [-0.3, -0.25) is 0 Å².